The monoisotopic (exact) mass is 196 g/mol. The number of unbranched alkanes of at least 4 members (excludes halogenated alkanes) is 1. The molecule has 0 fully saturated rings. The van der Waals surface area contributed by atoms with Gasteiger partial charge in [-0.15, -0.1) is 0 Å². The Morgan fingerprint density at radius 2 is 2.21 bits per heavy atom. The standard InChI is InChI=1S/C12H20O2/c1-4-5-8-12(14-3)9-6-11(13-2)7-10-12/h6-7,9H,4-5,8,10H2,1-3H3. The maximum absolute atomic E-state index is 5.59. The molecule has 0 heterocycles. The lowest BCUT2D eigenvalue weighted by atomic mass is 9.89. The summed E-state index contributed by atoms with van der Waals surface area (Å²) < 4.78 is 10.7. The van der Waals surface area contributed by atoms with E-state index in [0.29, 0.717) is 0 Å². The Bertz CT molecular complexity index is 230. The zero-order valence-electron chi connectivity index (χ0n) is 9.38. The van der Waals surface area contributed by atoms with E-state index in [-0.39, 0.29) is 5.60 Å². The van der Waals surface area contributed by atoms with Gasteiger partial charge in [-0.05, 0) is 24.6 Å². The van der Waals surface area contributed by atoms with Crippen molar-refractivity contribution in [2.75, 3.05) is 14.2 Å². The molecule has 1 unspecified atom stereocenters. The largest absolute Gasteiger partial charge is 0.497 e. The second-order valence-corrected chi connectivity index (χ2v) is 3.72. The van der Waals surface area contributed by atoms with E-state index in [1.165, 1.54) is 12.8 Å². The van der Waals surface area contributed by atoms with Crippen LogP contribution in [0.4, 0.5) is 0 Å². The average Bonchev–Trinajstić information content (AvgIpc) is 2.27. The summed E-state index contributed by atoms with van der Waals surface area (Å²) in [6.07, 6.45) is 10.6. The molecule has 0 aromatic rings. The first-order chi connectivity index (χ1) is 6.76. The summed E-state index contributed by atoms with van der Waals surface area (Å²) in [5.74, 6) is 0.939. The third-order valence-corrected chi connectivity index (χ3v) is 2.80. The number of allylic oxidation sites excluding steroid dienone is 1. The van der Waals surface area contributed by atoms with E-state index in [1.54, 1.807) is 14.2 Å². The van der Waals surface area contributed by atoms with Gasteiger partial charge in [0.15, 0.2) is 0 Å². The van der Waals surface area contributed by atoms with Crippen LogP contribution >= 0.6 is 0 Å². The van der Waals surface area contributed by atoms with Crippen molar-refractivity contribution in [1.82, 2.24) is 0 Å². The van der Waals surface area contributed by atoms with Crippen LogP contribution in [0.2, 0.25) is 0 Å². The molecule has 1 aliphatic carbocycles. The SMILES string of the molecule is CCCCC1(OC)C=CC(OC)=CC1. The molecular weight excluding hydrogens is 176 g/mol. The molecule has 0 spiro atoms. The Labute approximate surface area is 86.6 Å². The van der Waals surface area contributed by atoms with Crippen LogP contribution < -0.4 is 0 Å². The van der Waals surface area contributed by atoms with Gasteiger partial charge in [0.25, 0.3) is 0 Å². The van der Waals surface area contributed by atoms with Crippen LogP contribution in [0, 0.1) is 0 Å². The summed E-state index contributed by atoms with van der Waals surface area (Å²) in [5, 5.41) is 0. The Morgan fingerprint density at radius 3 is 2.64 bits per heavy atom. The minimum atomic E-state index is -0.0853. The summed E-state index contributed by atoms with van der Waals surface area (Å²) in [6.45, 7) is 2.20. The highest BCUT2D eigenvalue weighted by Crippen LogP contribution is 2.29. The Kier molecular flexibility index (Phi) is 4.21. The second-order valence-electron chi connectivity index (χ2n) is 3.72. The summed E-state index contributed by atoms with van der Waals surface area (Å²) >= 11 is 0. The number of ether oxygens (including phenoxy) is 2. The predicted octanol–water partition coefficient (Wildman–Crippen LogP) is 3.05. The van der Waals surface area contributed by atoms with Gasteiger partial charge in [0, 0.05) is 13.5 Å². The van der Waals surface area contributed by atoms with Gasteiger partial charge in [-0.1, -0.05) is 19.8 Å². The van der Waals surface area contributed by atoms with Gasteiger partial charge in [-0.2, -0.15) is 0 Å². The van der Waals surface area contributed by atoms with E-state index in [4.69, 9.17) is 9.47 Å². The Hall–Kier alpha value is -0.760. The molecule has 0 aromatic heterocycles. The lowest BCUT2D eigenvalue weighted by molar-refractivity contribution is 0.0230. The molecule has 0 bridgehead atoms. The van der Waals surface area contributed by atoms with Crippen molar-refractivity contribution in [2.45, 2.75) is 38.2 Å². The molecule has 1 atom stereocenters. The van der Waals surface area contributed by atoms with Crippen LogP contribution in [0.3, 0.4) is 0 Å². The number of methoxy groups -OCH3 is 2. The first-order valence-corrected chi connectivity index (χ1v) is 5.25. The van der Waals surface area contributed by atoms with Crippen LogP contribution in [0.1, 0.15) is 32.6 Å². The first-order valence-electron chi connectivity index (χ1n) is 5.25. The van der Waals surface area contributed by atoms with Crippen molar-refractivity contribution in [3.05, 3.63) is 24.0 Å². The van der Waals surface area contributed by atoms with Crippen molar-refractivity contribution in [1.29, 1.82) is 0 Å². The molecule has 0 aromatic carbocycles. The van der Waals surface area contributed by atoms with Gasteiger partial charge >= 0.3 is 0 Å². The van der Waals surface area contributed by atoms with E-state index in [9.17, 15) is 0 Å². The molecule has 1 aliphatic rings. The minimum absolute atomic E-state index is 0.0853. The maximum atomic E-state index is 5.59. The van der Waals surface area contributed by atoms with Crippen molar-refractivity contribution in [2.24, 2.45) is 0 Å². The number of hydrogen-bond donors (Lipinski definition) is 0. The van der Waals surface area contributed by atoms with Crippen LogP contribution in [-0.4, -0.2) is 19.8 Å². The second kappa shape index (κ2) is 5.20. The predicted molar refractivity (Wildman–Crippen MR) is 58.1 cm³/mol. The molecule has 2 heteroatoms. The molecule has 80 valence electrons. The fraction of sp³-hybridized carbons (Fsp3) is 0.667. The molecular formula is C12H20O2. The summed E-state index contributed by atoms with van der Waals surface area (Å²) in [4.78, 5) is 0. The zero-order chi connectivity index (χ0) is 10.4. The summed E-state index contributed by atoms with van der Waals surface area (Å²) in [5.41, 5.74) is -0.0853. The smallest absolute Gasteiger partial charge is 0.114 e. The molecule has 0 saturated heterocycles. The fourth-order valence-electron chi connectivity index (χ4n) is 1.71. The van der Waals surface area contributed by atoms with Crippen molar-refractivity contribution in [3.63, 3.8) is 0 Å². The molecule has 0 saturated carbocycles. The van der Waals surface area contributed by atoms with Gasteiger partial charge in [0.05, 0.1) is 12.7 Å². The average molecular weight is 196 g/mol. The lowest BCUT2D eigenvalue weighted by Crippen LogP contribution is -2.29. The molecule has 0 aliphatic heterocycles. The van der Waals surface area contributed by atoms with Crippen molar-refractivity contribution in [3.8, 4) is 0 Å². The van der Waals surface area contributed by atoms with E-state index in [1.807, 2.05) is 6.08 Å². The van der Waals surface area contributed by atoms with E-state index in [0.717, 1.165) is 18.6 Å². The third-order valence-electron chi connectivity index (χ3n) is 2.80. The first kappa shape index (κ1) is 11.3. The van der Waals surface area contributed by atoms with Gasteiger partial charge in [0.1, 0.15) is 5.76 Å². The highest BCUT2D eigenvalue weighted by molar-refractivity contribution is 5.23. The zero-order valence-corrected chi connectivity index (χ0v) is 9.38. The summed E-state index contributed by atoms with van der Waals surface area (Å²) in [6, 6.07) is 0. The van der Waals surface area contributed by atoms with Gasteiger partial charge < -0.3 is 9.47 Å². The lowest BCUT2D eigenvalue weighted by Gasteiger charge is -2.30. The quantitative estimate of drug-likeness (QED) is 0.673. The highest BCUT2D eigenvalue weighted by atomic mass is 16.5. The number of rotatable bonds is 5. The maximum Gasteiger partial charge on any atom is 0.114 e. The Balaban J connectivity index is 2.58. The highest BCUT2D eigenvalue weighted by Gasteiger charge is 2.27. The van der Waals surface area contributed by atoms with Crippen LogP contribution in [0.25, 0.3) is 0 Å². The van der Waals surface area contributed by atoms with Crippen molar-refractivity contribution >= 4 is 0 Å². The molecule has 14 heavy (non-hydrogen) atoms. The molecule has 2 nitrogen and oxygen atoms in total. The van der Waals surface area contributed by atoms with Crippen LogP contribution in [-0.2, 0) is 9.47 Å². The van der Waals surface area contributed by atoms with Gasteiger partial charge in [0.2, 0.25) is 0 Å². The van der Waals surface area contributed by atoms with E-state index >= 15 is 0 Å². The van der Waals surface area contributed by atoms with Gasteiger partial charge in [-0.3, -0.25) is 0 Å². The fourth-order valence-corrected chi connectivity index (χ4v) is 1.71. The van der Waals surface area contributed by atoms with Gasteiger partial charge in [-0.25, -0.2) is 0 Å². The topological polar surface area (TPSA) is 18.5 Å². The summed E-state index contributed by atoms with van der Waals surface area (Å²) in [7, 11) is 3.48. The third kappa shape index (κ3) is 2.61. The van der Waals surface area contributed by atoms with E-state index in [2.05, 4.69) is 19.1 Å². The van der Waals surface area contributed by atoms with Crippen LogP contribution in [0.5, 0.6) is 0 Å². The molecule has 0 N–H and O–H groups in total. The number of hydrogen-bond acceptors (Lipinski definition) is 2. The van der Waals surface area contributed by atoms with Crippen molar-refractivity contribution < 1.29 is 9.47 Å². The molecule has 1 rings (SSSR count). The van der Waals surface area contributed by atoms with E-state index < -0.39 is 0 Å². The normalized spacial score (nSPS) is 26.1. The molecule has 0 radical (unpaired) electrons. The minimum Gasteiger partial charge on any atom is -0.497 e. The van der Waals surface area contributed by atoms with Crippen LogP contribution in [0.15, 0.2) is 24.0 Å². The Morgan fingerprint density at radius 1 is 1.43 bits per heavy atom. The molecule has 0 amide bonds.